The molecule has 0 amide bonds. The Balaban J connectivity index is 1.67. The Labute approximate surface area is 177 Å². The van der Waals surface area contributed by atoms with Gasteiger partial charge in [0.15, 0.2) is 11.5 Å². The predicted molar refractivity (Wildman–Crippen MR) is 117 cm³/mol. The van der Waals surface area contributed by atoms with Gasteiger partial charge in [-0.1, -0.05) is 24.3 Å². The summed E-state index contributed by atoms with van der Waals surface area (Å²) >= 11 is 0. The minimum atomic E-state index is -0.759. The zero-order valence-electron chi connectivity index (χ0n) is 17.7. The van der Waals surface area contributed by atoms with Crippen LogP contribution < -0.4 is 4.74 Å². The van der Waals surface area contributed by atoms with E-state index in [4.69, 9.17) is 4.74 Å². The molecular weight excluding hydrogens is 379 g/mol. The first kappa shape index (κ1) is 20.4. The van der Waals surface area contributed by atoms with E-state index in [0.29, 0.717) is 11.6 Å². The Morgan fingerprint density at radius 2 is 1.67 bits per heavy atom. The fourth-order valence-corrected chi connectivity index (χ4v) is 4.28. The number of rotatable bonds is 5. The van der Waals surface area contributed by atoms with Crippen molar-refractivity contribution in [2.75, 3.05) is 20.2 Å². The van der Waals surface area contributed by atoms with E-state index in [1.807, 2.05) is 13.1 Å². The Kier molecular flexibility index (Phi) is 5.73. The molecule has 0 saturated carbocycles. The van der Waals surface area contributed by atoms with E-state index in [9.17, 15) is 9.50 Å². The highest BCUT2D eigenvalue weighted by Crippen LogP contribution is 2.37. The van der Waals surface area contributed by atoms with Crippen LogP contribution in [0.1, 0.15) is 36.9 Å². The second-order valence-electron chi connectivity index (χ2n) is 7.91. The van der Waals surface area contributed by atoms with E-state index in [-0.39, 0.29) is 5.75 Å². The highest BCUT2D eigenvalue weighted by molar-refractivity contribution is 5.78. The highest BCUT2D eigenvalue weighted by Gasteiger charge is 2.20. The number of nitrogens with zero attached hydrogens (tertiary/aromatic N) is 2. The molecule has 4 nitrogen and oxygen atoms in total. The van der Waals surface area contributed by atoms with Crippen molar-refractivity contribution >= 4 is 0 Å². The number of halogens is 1. The van der Waals surface area contributed by atoms with Gasteiger partial charge in [0.1, 0.15) is 0 Å². The quantitative estimate of drug-likeness (QED) is 0.587. The second-order valence-corrected chi connectivity index (χ2v) is 7.91. The molecule has 0 spiro atoms. The van der Waals surface area contributed by atoms with Crippen molar-refractivity contribution in [2.24, 2.45) is 0 Å². The average molecular weight is 407 g/mol. The minimum absolute atomic E-state index is 0.00931. The van der Waals surface area contributed by atoms with Gasteiger partial charge in [-0.2, -0.15) is 4.39 Å². The van der Waals surface area contributed by atoms with Crippen molar-refractivity contribution in [3.8, 4) is 33.8 Å². The Morgan fingerprint density at radius 3 is 2.30 bits per heavy atom. The van der Waals surface area contributed by atoms with Crippen molar-refractivity contribution in [3.05, 3.63) is 65.7 Å². The number of pyridine rings is 1. The van der Waals surface area contributed by atoms with Crippen molar-refractivity contribution in [3.63, 3.8) is 0 Å². The topological polar surface area (TPSA) is 45.6 Å². The van der Waals surface area contributed by atoms with Gasteiger partial charge in [0, 0.05) is 29.6 Å². The monoisotopic (exact) mass is 406 g/mol. The maximum atomic E-state index is 14.0. The maximum Gasteiger partial charge on any atom is 0.206 e. The van der Waals surface area contributed by atoms with Gasteiger partial charge in [-0.25, -0.2) is 0 Å². The lowest BCUT2D eigenvalue weighted by Crippen LogP contribution is -2.23. The lowest BCUT2D eigenvalue weighted by atomic mass is 9.94. The predicted octanol–water partition coefficient (Wildman–Crippen LogP) is 5.73. The van der Waals surface area contributed by atoms with E-state index in [1.165, 1.54) is 44.7 Å². The summed E-state index contributed by atoms with van der Waals surface area (Å²) in [7, 11) is 1.38. The number of benzene rings is 2. The average Bonchev–Trinajstić information content (AvgIpc) is 3.30. The number of ether oxygens (including phenoxy) is 1. The third-order valence-corrected chi connectivity index (χ3v) is 6.16. The standard InChI is InChI=1S/C25H27FN2O2/c1-16-21(19-8-6-18(7-9-19)17(2)28-10-4-5-11-28)14-27-15-22(16)20-12-23(29)25(26)24(13-20)30-3/h6-9,12-15,17,29H,4-5,10-11H2,1-3H3. The minimum Gasteiger partial charge on any atom is -0.505 e. The molecule has 1 unspecified atom stereocenters. The van der Waals surface area contributed by atoms with Gasteiger partial charge in [0.2, 0.25) is 5.82 Å². The second kappa shape index (κ2) is 8.44. The normalized spacial score (nSPS) is 15.3. The van der Waals surface area contributed by atoms with E-state index >= 15 is 0 Å². The van der Waals surface area contributed by atoms with Gasteiger partial charge in [-0.05, 0) is 74.2 Å². The first-order chi connectivity index (χ1) is 14.5. The Hall–Kier alpha value is -2.92. The SMILES string of the molecule is COc1cc(-c2cncc(-c3ccc(C(C)N4CCCC4)cc3)c2C)cc(O)c1F. The lowest BCUT2D eigenvalue weighted by molar-refractivity contribution is 0.263. The van der Waals surface area contributed by atoms with Gasteiger partial charge < -0.3 is 9.84 Å². The fourth-order valence-electron chi connectivity index (χ4n) is 4.28. The summed E-state index contributed by atoms with van der Waals surface area (Å²) < 4.78 is 19.0. The largest absolute Gasteiger partial charge is 0.505 e. The molecule has 1 fully saturated rings. The number of aromatic hydroxyl groups is 1. The van der Waals surface area contributed by atoms with Crippen LogP contribution in [0.3, 0.4) is 0 Å². The molecule has 0 bridgehead atoms. The number of hydrogen-bond donors (Lipinski definition) is 1. The van der Waals surface area contributed by atoms with Crippen LogP contribution in [0.25, 0.3) is 22.3 Å². The summed E-state index contributed by atoms with van der Waals surface area (Å²) in [5, 5.41) is 9.94. The van der Waals surface area contributed by atoms with E-state index < -0.39 is 11.6 Å². The molecule has 1 aliphatic rings. The molecule has 3 aromatic rings. The van der Waals surface area contributed by atoms with Gasteiger partial charge in [-0.3, -0.25) is 9.88 Å². The molecule has 4 rings (SSSR count). The van der Waals surface area contributed by atoms with E-state index in [1.54, 1.807) is 12.3 Å². The van der Waals surface area contributed by atoms with Crippen LogP contribution in [-0.2, 0) is 0 Å². The van der Waals surface area contributed by atoms with Crippen LogP contribution in [0.5, 0.6) is 11.5 Å². The number of hydrogen-bond acceptors (Lipinski definition) is 4. The first-order valence-electron chi connectivity index (χ1n) is 10.4. The molecule has 2 aromatic carbocycles. The van der Waals surface area contributed by atoms with Crippen molar-refractivity contribution in [1.82, 2.24) is 9.88 Å². The van der Waals surface area contributed by atoms with Gasteiger partial charge in [-0.15, -0.1) is 0 Å². The molecule has 5 heteroatoms. The van der Waals surface area contributed by atoms with Crippen LogP contribution in [0.2, 0.25) is 0 Å². The summed E-state index contributed by atoms with van der Waals surface area (Å²) in [6, 6.07) is 12.1. The molecule has 1 atom stereocenters. The van der Waals surface area contributed by atoms with E-state index in [0.717, 1.165) is 22.3 Å². The molecule has 1 aliphatic heterocycles. The smallest absolute Gasteiger partial charge is 0.206 e. The highest BCUT2D eigenvalue weighted by atomic mass is 19.1. The molecule has 0 aliphatic carbocycles. The zero-order valence-corrected chi connectivity index (χ0v) is 17.7. The molecule has 2 heterocycles. The summed E-state index contributed by atoms with van der Waals surface area (Å²) in [5.74, 6) is -1.19. The molecule has 156 valence electrons. The third-order valence-electron chi connectivity index (χ3n) is 6.16. The fraction of sp³-hybridized carbons (Fsp3) is 0.320. The zero-order chi connectivity index (χ0) is 21.3. The summed E-state index contributed by atoms with van der Waals surface area (Å²) in [6.07, 6.45) is 6.14. The van der Waals surface area contributed by atoms with Gasteiger partial charge in [0.25, 0.3) is 0 Å². The lowest BCUT2D eigenvalue weighted by Gasteiger charge is -2.24. The van der Waals surface area contributed by atoms with E-state index in [2.05, 4.69) is 41.1 Å². The number of likely N-dealkylation sites (tertiary alicyclic amines) is 1. The van der Waals surface area contributed by atoms with Gasteiger partial charge >= 0.3 is 0 Å². The maximum absolute atomic E-state index is 14.0. The van der Waals surface area contributed by atoms with Gasteiger partial charge in [0.05, 0.1) is 7.11 Å². The molecular formula is C25H27FN2O2. The number of aromatic nitrogens is 1. The van der Waals surface area contributed by atoms with Crippen LogP contribution in [-0.4, -0.2) is 35.2 Å². The number of phenolic OH excluding ortho intramolecular Hbond substituents is 1. The number of methoxy groups -OCH3 is 1. The summed E-state index contributed by atoms with van der Waals surface area (Å²) in [6.45, 7) is 6.62. The van der Waals surface area contributed by atoms with Crippen molar-refractivity contribution < 1.29 is 14.2 Å². The summed E-state index contributed by atoms with van der Waals surface area (Å²) in [5.41, 5.74) is 5.91. The summed E-state index contributed by atoms with van der Waals surface area (Å²) in [4.78, 5) is 6.93. The molecule has 0 radical (unpaired) electrons. The molecule has 30 heavy (non-hydrogen) atoms. The Morgan fingerprint density at radius 1 is 1.03 bits per heavy atom. The molecule has 1 N–H and O–H groups in total. The number of phenols is 1. The van der Waals surface area contributed by atoms with Crippen molar-refractivity contribution in [2.45, 2.75) is 32.7 Å². The van der Waals surface area contributed by atoms with Crippen LogP contribution >= 0.6 is 0 Å². The Bertz CT molecular complexity index is 1040. The molecule has 1 aromatic heterocycles. The molecule has 1 saturated heterocycles. The van der Waals surface area contributed by atoms with Crippen LogP contribution in [0.15, 0.2) is 48.8 Å². The van der Waals surface area contributed by atoms with Crippen molar-refractivity contribution in [1.29, 1.82) is 0 Å². The van der Waals surface area contributed by atoms with Crippen LogP contribution in [0.4, 0.5) is 4.39 Å². The third kappa shape index (κ3) is 3.77. The van der Waals surface area contributed by atoms with Crippen LogP contribution in [0, 0.1) is 12.7 Å². The first-order valence-corrected chi connectivity index (χ1v) is 10.4.